The van der Waals surface area contributed by atoms with Crippen LogP contribution >= 0.6 is 0 Å². The summed E-state index contributed by atoms with van der Waals surface area (Å²) in [5.41, 5.74) is -1.51. The van der Waals surface area contributed by atoms with Crippen molar-refractivity contribution in [1.82, 2.24) is 0 Å². The van der Waals surface area contributed by atoms with E-state index in [-0.39, 0.29) is 52.9 Å². The Labute approximate surface area is 272 Å². The fraction of sp³-hybridized carbons (Fsp3) is 0.100. The van der Waals surface area contributed by atoms with E-state index >= 15 is 0 Å². The van der Waals surface area contributed by atoms with Crippen molar-refractivity contribution in [2.45, 2.75) is 20.8 Å². The van der Waals surface area contributed by atoms with Crippen LogP contribution in [0.25, 0.3) is 0 Å². The van der Waals surface area contributed by atoms with Gasteiger partial charge < -0.3 is 43.9 Å². The van der Waals surface area contributed by atoms with Gasteiger partial charge in [0.2, 0.25) is 0 Å². The van der Waals surface area contributed by atoms with Gasteiger partial charge in [-0.15, -0.1) is 0 Å². The minimum absolute atomic E-state index is 0. The molecule has 0 amide bonds. The zero-order valence-corrected chi connectivity index (χ0v) is 25.6. The van der Waals surface area contributed by atoms with Gasteiger partial charge in [0, 0.05) is 37.5 Å². The maximum absolute atomic E-state index is 11.2. The molecule has 0 saturated carbocycles. The SMILES string of the molecule is CC(=O)OC(=O)c1ccccc1C(=O)[O-].CC(=O)OC(=O)c1ccccc1C(=O)[O-].CC(=O)OC(=O)c1ccccc1C(=O)[O-].[Ru+3]. The summed E-state index contributed by atoms with van der Waals surface area (Å²) in [5.74, 6) is -9.87. The molecule has 16 heteroatoms. The van der Waals surface area contributed by atoms with Crippen LogP contribution in [0.5, 0.6) is 0 Å². The Morgan fingerprint density at radius 2 is 0.565 bits per heavy atom. The van der Waals surface area contributed by atoms with Gasteiger partial charge in [-0.3, -0.25) is 14.4 Å². The van der Waals surface area contributed by atoms with Gasteiger partial charge in [0.25, 0.3) is 0 Å². The van der Waals surface area contributed by atoms with Crippen LogP contribution in [0, 0.1) is 0 Å². The number of carboxylic acids is 3. The molecule has 1 radical (unpaired) electrons. The predicted molar refractivity (Wildman–Crippen MR) is 141 cm³/mol. The van der Waals surface area contributed by atoms with Gasteiger partial charge in [-0.25, -0.2) is 14.4 Å². The fourth-order valence-electron chi connectivity index (χ4n) is 3.07. The summed E-state index contributed by atoms with van der Waals surface area (Å²) in [6.45, 7) is 3.17. The van der Waals surface area contributed by atoms with Crippen LogP contribution in [0.15, 0.2) is 72.8 Å². The summed E-state index contributed by atoms with van der Waals surface area (Å²) in [7, 11) is 0. The van der Waals surface area contributed by atoms with E-state index in [2.05, 4.69) is 14.2 Å². The smallest absolute Gasteiger partial charge is 0.545 e. The third-order valence-electron chi connectivity index (χ3n) is 4.81. The molecule has 0 bridgehead atoms. The average Bonchev–Trinajstić information content (AvgIpc) is 2.96. The summed E-state index contributed by atoms with van der Waals surface area (Å²) >= 11 is 0. The van der Waals surface area contributed by atoms with Gasteiger partial charge in [0.1, 0.15) is 0 Å². The standard InChI is InChI=1S/3C10H8O5.Ru/c3*1-6(11)15-10(14)8-5-3-2-4-7(8)9(12)13;/h3*2-5H,1H3,(H,12,13);/q;;;+3/p-3. The van der Waals surface area contributed by atoms with E-state index in [1.807, 2.05) is 0 Å². The summed E-state index contributed by atoms with van der Waals surface area (Å²) in [4.78, 5) is 97.1. The molecule has 239 valence electrons. The molecule has 0 heterocycles. The molecule has 0 aliphatic heterocycles. The first-order valence-electron chi connectivity index (χ1n) is 12.2. The predicted octanol–water partition coefficient (Wildman–Crippen LogP) is -0.742. The summed E-state index contributed by atoms with van der Waals surface area (Å²) < 4.78 is 12.8. The number of rotatable bonds is 6. The third-order valence-corrected chi connectivity index (χ3v) is 4.81. The van der Waals surface area contributed by atoms with E-state index in [1.165, 1.54) is 72.8 Å². The Hall–Kier alpha value is -5.89. The number of carboxylic acid groups (broad SMARTS) is 3. The zero-order valence-electron chi connectivity index (χ0n) is 23.9. The molecule has 3 rings (SSSR count). The summed E-state index contributed by atoms with van der Waals surface area (Å²) in [5, 5.41) is 31.8. The number of esters is 6. The van der Waals surface area contributed by atoms with Crippen LogP contribution in [0.4, 0.5) is 0 Å². The van der Waals surface area contributed by atoms with Crippen molar-refractivity contribution in [1.29, 1.82) is 0 Å². The molecule has 3 aromatic rings. The van der Waals surface area contributed by atoms with Crippen LogP contribution in [0.3, 0.4) is 0 Å². The molecule has 0 aliphatic rings. The number of benzene rings is 3. The Balaban J connectivity index is 0.000000653. The van der Waals surface area contributed by atoms with Crippen molar-refractivity contribution in [2.24, 2.45) is 0 Å². The van der Waals surface area contributed by atoms with Crippen LogP contribution in [0.2, 0.25) is 0 Å². The molecule has 46 heavy (non-hydrogen) atoms. The minimum atomic E-state index is -1.49. The molecule has 0 aliphatic carbocycles. The first-order chi connectivity index (χ1) is 21.1. The Bertz CT molecular complexity index is 1470. The van der Waals surface area contributed by atoms with Crippen molar-refractivity contribution >= 4 is 53.7 Å². The largest absolute Gasteiger partial charge is 3.00 e. The maximum Gasteiger partial charge on any atom is 3.00 e. The van der Waals surface area contributed by atoms with Crippen LogP contribution < -0.4 is 15.3 Å². The topological polar surface area (TPSA) is 250 Å². The molecule has 0 N–H and O–H groups in total. The number of carbonyl (C=O) groups is 9. The number of carbonyl (C=O) groups excluding carboxylic acids is 9. The monoisotopic (exact) mass is 723 g/mol. The van der Waals surface area contributed by atoms with Gasteiger partial charge in [-0.05, 0) is 18.2 Å². The normalized spacial score (nSPS) is 9.20. The fourth-order valence-corrected chi connectivity index (χ4v) is 3.07. The van der Waals surface area contributed by atoms with E-state index in [0.29, 0.717) is 0 Å². The van der Waals surface area contributed by atoms with E-state index in [1.54, 1.807) is 0 Å². The van der Waals surface area contributed by atoms with Gasteiger partial charge in [-0.2, -0.15) is 0 Å². The van der Waals surface area contributed by atoms with Crippen molar-refractivity contribution in [3.63, 3.8) is 0 Å². The molecule has 0 unspecified atom stereocenters. The summed E-state index contributed by atoms with van der Waals surface area (Å²) in [6.07, 6.45) is 0. The molecular formula is C30H21O15Ru. The van der Waals surface area contributed by atoms with Gasteiger partial charge in [-0.1, -0.05) is 54.6 Å². The van der Waals surface area contributed by atoms with Crippen LogP contribution in [0.1, 0.15) is 82.9 Å². The number of hydrogen-bond donors (Lipinski definition) is 0. The Morgan fingerprint density at radius 1 is 0.391 bits per heavy atom. The molecule has 3 aromatic carbocycles. The van der Waals surface area contributed by atoms with E-state index in [0.717, 1.165) is 20.8 Å². The Kier molecular flexibility index (Phi) is 16.9. The number of ether oxygens (including phenoxy) is 3. The number of aromatic carboxylic acids is 3. The van der Waals surface area contributed by atoms with E-state index in [4.69, 9.17) is 0 Å². The van der Waals surface area contributed by atoms with E-state index < -0.39 is 53.7 Å². The zero-order chi connectivity index (χ0) is 34.3. The van der Waals surface area contributed by atoms with Gasteiger partial charge >= 0.3 is 55.3 Å². The quantitative estimate of drug-likeness (QED) is 0.131. The molecule has 0 aromatic heterocycles. The molecule has 0 fully saturated rings. The second-order valence-corrected chi connectivity index (χ2v) is 8.14. The second-order valence-electron chi connectivity index (χ2n) is 8.14. The van der Waals surface area contributed by atoms with Crippen LogP contribution in [-0.2, 0) is 48.1 Å². The first kappa shape index (κ1) is 40.1. The first-order valence-corrected chi connectivity index (χ1v) is 12.2. The number of hydrogen-bond acceptors (Lipinski definition) is 15. The van der Waals surface area contributed by atoms with E-state index in [9.17, 15) is 58.5 Å². The molecule has 0 atom stereocenters. The maximum atomic E-state index is 11.2. The second kappa shape index (κ2) is 19.4. The Morgan fingerprint density at radius 3 is 0.717 bits per heavy atom. The van der Waals surface area contributed by atoms with Crippen molar-refractivity contribution < 1.29 is 92.2 Å². The summed E-state index contributed by atoms with van der Waals surface area (Å²) in [6, 6.07) is 16.0. The molecular weight excluding hydrogens is 701 g/mol. The molecule has 0 spiro atoms. The van der Waals surface area contributed by atoms with Crippen LogP contribution in [-0.4, -0.2) is 53.7 Å². The molecule has 0 saturated heterocycles. The van der Waals surface area contributed by atoms with Gasteiger partial charge in [0.15, 0.2) is 0 Å². The van der Waals surface area contributed by atoms with Gasteiger partial charge in [0.05, 0.1) is 34.6 Å². The van der Waals surface area contributed by atoms with Crippen molar-refractivity contribution in [3.8, 4) is 0 Å². The third kappa shape index (κ3) is 13.2. The molecule has 15 nitrogen and oxygen atoms in total. The van der Waals surface area contributed by atoms with Crippen molar-refractivity contribution in [2.75, 3.05) is 0 Å². The average molecular weight is 723 g/mol. The minimum Gasteiger partial charge on any atom is -0.545 e. The van der Waals surface area contributed by atoms with Crippen molar-refractivity contribution in [3.05, 3.63) is 106 Å².